The number of benzene rings is 1. The third-order valence-corrected chi connectivity index (χ3v) is 6.99. The predicted molar refractivity (Wildman–Crippen MR) is 92.7 cm³/mol. The standard InChI is InChI=1S/C21H27NO2/c23-20(22-18-5-6-24-19-4-2-1-3-17(18)19)13-21-10-14-7-15(11-21)9-16(8-14)12-21/h1-4,14-16,18H,5-13H2,(H,22,23). The van der Waals surface area contributed by atoms with Gasteiger partial charge in [0.1, 0.15) is 5.75 Å². The number of fused-ring (bicyclic) bond motifs is 1. The Labute approximate surface area is 144 Å². The predicted octanol–water partition coefficient (Wildman–Crippen LogP) is 4.23. The molecule has 4 bridgehead atoms. The van der Waals surface area contributed by atoms with Crippen LogP contribution in [-0.4, -0.2) is 12.5 Å². The molecular formula is C21H27NO2. The number of amides is 1. The maximum absolute atomic E-state index is 12.9. The average Bonchev–Trinajstić information content (AvgIpc) is 2.53. The van der Waals surface area contributed by atoms with Crippen molar-refractivity contribution in [2.75, 3.05) is 6.61 Å². The first-order chi connectivity index (χ1) is 11.7. The van der Waals surface area contributed by atoms with E-state index in [2.05, 4.69) is 11.4 Å². The van der Waals surface area contributed by atoms with Crippen molar-refractivity contribution in [1.29, 1.82) is 0 Å². The molecule has 1 heterocycles. The van der Waals surface area contributed by atoms with E-state index in [4.69, 9.17) is 4.74 Å². The lowest BCUT2D eigenvalue weighted by atomic mass is 9.49. The minimum atomic E-state index is 0.122. The smallest absolute Gasteiger partial charge is 0.221 e. The lowest BCUT2D eigenvalue weighted by Gasteiger charge is -2.56. The van der Waals surface area contributed by atoms with Crippen LogP contribution in [0.2, 0.25) is 0 Å². The zero-order chi connectivity index (χ0) is 16.1. The summed E-state index contributed by atoms with van der Waals surface area (Å²) in [6, 6.07) is 8.25. The molecule has 0 radical (unpaired) electrons. The van der Waals surface area contributed by atoms with Gasteiger partial charge in [0.05, 0.1) is 12.6 Å². The van der Waals surface area contributed by atoms with Crippen LogP contribution in [0, 0.1) is 23.2 Å². The molecule has 1 N–H and O–H groups in total. The number of rotatable bonds is 3. The van der Waals surface area contributed by atoms with Crippen molar-refractivity contribution >= 4 is 5.91 Å². The quantitative estimate of drug-likeness (QED) is 0.903. The second kappa shape index (κ2) is 5.50. The number of carbonyl (C=O) groups is 1. The highest BCUT2D eigenvalue weighted by molar-refractivity contribution is 5.77. The van der Waals surface area contributed by atoms with Crippen LogP contribution in [0.4, 0.5) is 0 Å². The molecule has 1 unspecified atom stereocenters. The highest BCUT2D eigenvalue weighted by Gasteiger charge is 2.51. The summed E-state index contributed by atoms with van der Waals surface area (Å²) in [7, 11) is 0. The molecule has 1 aliphatic heterocycles. The van der Waals surface area contributed by atoms with Gasteiger partial charge in [-0.1, -0.05) is 18.2 Å². The van der Waals surface area contributed by atoms with Gasteiger partial charge >= 0.3 is 0 Å². The van der Waals surface area contributed by atoms with E-state index in [-0.39, 0.29) is 11.9 Å². The van der Waals surface area contributed by atoms with E-state index in [9.17, 15) is 4.79 Å². The lowest BCUT2D eigenvalue weighted by molar-refractivity contribution is -0.130. The van der Waals surface area contributed by atoms with Crippen LogP contribution in [-0.2, 0) is 4.79 Å². The molecule has 4 saturated carbocycles. The largest absolute Gasteiger partial charge is 0.493 e. The molecule has 5 aliphatic rings. The molecule has 1 aromatic rings. The zero-order valence-electron chi connectivity index (χ0n) is 14.3. The highest BCUT2D eigenvalue weighted by atomic mass is 16.5. The molecule has 6 rings (SSSR count). The summed E-state index contributed by atoms with van der Waals surface area (Å²) in [6.45, 7) is 0.694. The molecule has 1 aromatic carbocycles. The Morgan fingerprint density at radius 2 is 1.75 bits per heavy atom. The summed E-state index contributed by atoms with van der Waals surface area (Å²) in [5, 5.41) is 3.33. The molecule has 3 nitrogen and oxygen atoms in total. The minimum absolute atomic E-state index is 0.122. The number of hydrogen-bond acceptors (Lipinski definition) is 2. The molecule has 128 valence electrons. The van der Waals surface area contributed by atoms with E-state index in [1.54, 1.807) is 0 Å². The van der Waals surface area contributed by atoms with Gasteiger partial charge in [0.25, 0.3) is 0 Å². The fourth-order valence-electron chi connectivity index (χ4n) is 6.58. The Morgan fingerprint density at radius 3 is 2.46 bits per heavy atom. The van der Waals surface area contributed by atoms with Crippen LogP contribution in [0.15, 0.2) is 24.3 Å². The van der Waals surface area contributed by atoms with Gasteiger partial charge in [0, 0.05) is 18.4 Å². The summed E-state index contributed by atoms with van der Waals surface area (Å²) >= 11 is 0. The van der Waals surface area contributed by atoms with E-state index >= 15 is 0 Å². The first-order valence-electron chi connectivity index (χ1n) is 9.70. The van der Waals surface area contributed by atoms with Crippen molar-refractivity contribution in [3.63, 3.8) is 0 Å². The van der Waals surface area contributed by atoms with Gasteiger partial charge in [-0.15, -0.1) is 0 Å². The first kappa shape index (κ1) is 14.8. The number of nitrogens with one attached hydrogen (secondary N) is 1. The molecule has 1 atom stereocenters. The van der Waals surface area contributed by atoms with E-state index < -0.39 is 0 Å². The molecular weight excluding hydrogens is 298 g/mol. The summed E-state index contributed by atoms with van der Waals surface area (Å²) in [6.07, 6.45) is 9.85. The molecule has 0 saturated heterocycles. The Bertz CT molecular complexity index is 618. The normalized spacial score (nSPS) is 39.2. The molecule has 0 spiro atoms. The van der Waals surface area contributed by atoms with Crippen molar-refractivity contribution in [2.45, 2.75) is 57.4 Å². The Hall–Kier alpha value is -1.51. The maximum Gasteiger partial charge on any atom is 0.221 e. The van der Waals surface area contributed by atoms with Crippen molar-refractivity contribution in [3.05, 3.63) is 29.8 Å². The molecule has 0 aromatic heterocycles. The van der Waals surface area contributed by atoms with Gasteiger partial charge in [-0.2, -0.15) is 0 Å². The van der Waals surface area contributed by atoms with E-state index in [0.29, 0.717) is 12.0 Å². The molecule has 4 fully saturated rings. The molecule has 24 heavy (non-hydrogen) atoms. The van der Waals surface area contributed by atoms with E-state index in [0.717, 1.165) is 41.9 Å². The highest BCUT2D eigenvalue weighted by Crippen LogP contribution is 2.61. The number of ether oxygens (including phenoxy) is 1. The van der Waals surface area contributed by atoms with Crippen LogP contribution >= 0.6 is 0 Å². The molecule has 1 amide bonds. The number of para-hydroxylation sites is 1. The van der Waals surface area contributed by atoms with Gasteiger partial charge in [0.15, 0.2) is 0 Å². The third kappa shape index (κ3) is 2.53. The lowest BCUT2D eigenvalue weighted by Crippen LogP contribution is -2.48. The van der Waals surface area contributed by atoms with Crippen LogP contribution in [0.5, 0.6) is 5.75 Å². The van der Waals surface area contributed by atoms with Crippen LogP contribution in [0.3, 0.4) is 0 Å². The summed E-state index contributed by atoms with van der Waals surface area (Å²) in [4.78, 5) is 12.9. The van der Waals surface area contributed by atoms with Gasteiger partial charge in [-0.05, 0) is 67.8 Å². The average molecular weight is 325 g/mol. The van der Waals surface area contributed by atoms with Crippen molar-refractivity contribution in [2.24, 2.45) is 23.2 Å². The van der Waals surface area contributed by atoms with Crippen molar-refractivity contribution in [1.82, 2.24) is 5.32 Å². The van der Waals surface area contributed by atoms with Gasteiger partial charge in [-0.25, -0.2) is 0 Å². The summed E-state index contributed by atoms with van der Waals surface area (Å²) in [5.74, 6) is 3.93. The Balaban J connectivity index is 1.29. The van der Waals surface area contributed by atoms with Crippen LogP contribution in [0.1, 0.15) is 63.0 Å². The van der Waals surface area contributed by atoms with Gasteiger partial charge in [-0.3, -0.25) is 4.79 Å². The van der Waals surface area contributed by atoms with Crippen molar-refractivity contribution < 1.29 is 9.53 Å². The fraction of sp³-hybridized carbons (Fsp3) is 0.667. The van der Waals surface area contributed by atoms with Crippen molar-refractivity contribution in [3.8, 4) is 5.75 Å². The summed E-state index contributed by atoms with van der Waals surface area (Å²) < 4.78 is 5.72. The van der Waals surface area contributed by atoms with Crippen LogP contribution in [0.25, 0.3) is 0 Å². The Kier molecular flexibility index (Phi) is 3.39. The molecule has 4 aliphatic carbocycles. The SMILES string of the molecule is O=C(CC12CC3CC(CC(C3)C1)C2)NC1CCOc2ccccc21. The topological polar surface area (TPSA) is 38.3 Å². The van der Waals surface area contributed by atoms with Gasteiger partial charge < -0.3 is 10.1 Å². The fourth-order valence-corrected chi connectivity index (χ4v) is 6.58. The third-order valence-electron chi connectivity index (χ3n) is 6.99. The second-order valence-electron chi connectivity index (χ2n) is 8.89. The summed E-state index contributed by atoms with van der Waals surface area (Å²) in [5.41, 5.74) is 1.46. The monoisotopic (exact) mass is 325 g/mol. The number of hydrogen-bond donors (Lipinski definition) is 1. The molecule has 3 heteroatoms. The zero-order valence-corrected chi connectivity index (χ0v) is 14.3. The minimum Gasteiger partial charge on any atom is -0.493 e. The van der Waals surface area contributed by atoms with E-state index in [1.807, 2.05) is 18.2 Å². The Morgan fingerprint density at radius 1 is 1.08 bits per heavy atom. The van der Waals surface area contributed by atoms with Gasteiger partial charge in [0.2, 0.25) is 5.91 Å². The maximum atomic E-state index is 12.9. The van der Waals surface area contributed by atoms with E-state index in [1.165, 1.54) is 38.5 Å². The number of carbonyl (C=O) groups excluding carboxylic acids is 1. The first-order valence-corrected chi connectivity index (χ1v) is 9.70. The second-order valence-corrected chi connectivity index (χ2v) is 8.89. The van der Waals surface area contributed by atoms with Crippen LogP contribution < -0.4 is 10.1 Å².